The lowest BCUT2D eigenvalue weighted by atomic mass is 10.1. The number of anilines is 1. The lowest BCUT2D eigenvalue weighted by molar-refractivity contribution is 0.585. The maximum Gasteiger partial charge on any atom is 0.129 e. The zero-order valence-electron chi connectivity index (χ0n) is 12.4. The number of rotatable bonds is 6. The van der Waals surface area contributed by atoms with Crippen molar-refractivity contribution >= 4 is 17.0 Å². The lowest BCUT2D eigenvalue weighted by Gasteiger charge is -2.22. The standard InChI is InChI=1S/C16H20FN3S/c1-11-19-13(10-21-11)9-20(2)16-5-3-4-15(17)14(16)8-18-12-6-7-12/h3-5,10,12,18H,6-9H2,1-2H3. The van der Waals surface area contributed by atoms with Crippen molar-refractivity contribution in [2.75, 3.05) is 11.9 Å². The van der Waals surface area contributed by atoms with E-state index in [1.807, 2.05) is 20.0 Å². The van der Waals surface area contributed by atoms with Crippen LogP contribution < -0.4 is 10.2 Å². The number of hydrogen-bond donors (Lipinski definition) is 1. The number of halogens is 1. The van der Waals surface area contributed by atoms with Crippen LogP contribution in [-0.4, -0.2) is 18.1 Å². The molecule has 0 amide bonds. The predicted molar refractivity (Wildman–Crippen MR) is 85.2 cm³/mol. The van der Waals surface area contributed by atoms with Gasteiger partial charge in [-0.1, -0.05) is 6.07 Å². The molecule has 0 spiro atoms. The van der Waals surface area contributed by atoms with Crippen molar-refractivity contribution in [3.8, 4) is 0 Å². The summed E-state index contributed by atoms with van der Waals surface area (Å²) in [5.74, 6) is -0.137. The van der Waals surface area contributed by atoms with Gasteiger partial charge in [0.05, 0.1) is 17.2 Å². The minimum Gasteiger partial charge on any atom is -0.368 e. The monoisotopic (exact) mass is 305 g/mol. The van der Waals surface area contributed by atoms with E-state index in [0.717, 1.165) is 22.0 Å². The van der Waals surface area contributed by atoms with Gasteiger partial charge in [0.15, 0.2) is 0 Å². The Labute approximate surface area is 128 Å². The summed E-state index contributed by atoms with van der Waals surface area (Å²) in [7, 11) is 1.99. The van der Waals surface area contributed by atoms with Crippen LogP contribution in [0.4, 0.5) is 10.1 Å². The second kappa shape index (κ2) is 6.12. The summed E-state index contributed by atoms with van der Waals surface area (Å²) >= 11 is 1.65. The molecule has 1 aromatic carbocycles. The molecule has 21 heavy (non-hydrogen) atoms. The van der Waals surface area contributed by atoms with Crippen molar-refractivity contribution < 1.29 is 4.39 Å². The van der Waals surface area contributed by atoms with Crippen molar-refractivity contribution in [1.82, 2.24) is 10.3 Å². The molecular weight excluding hydrogens is 285 g/mol. The fourth-order valence-corrected chi connectivity index (χ4v) is 3.03. The predicted octanol–water partition coefficient (Wildman–Crippen LogP) is 3.48. The molecule has 0 saturated heterocycles. The van der Waals surface area contributed by atoms with Gasteiger partial charge in [-0.05, 0) is 31.9 Å². The van der Waals surface area contributed by atoms with E-state index in [9.17, 15) is 4.39 Å². The van der Waals surface area contributed by atoms with E-state index in [2.05, 4.69) is 20.6 Å². The average molecular weight is 305 g/mol. The molecule has 5 heteroatoms. The number of aryl methyl sites for hydroxylation is 1. The summed E-state index contributed by atoms with van der Waals surface area (Å²) in [6.45, 7) is 3.29. The fourth-order valence-electron chi connectivity index (χ4n) is 2.42. The maximum absolute atomic E-state index is 14.1. The number of nitrogens with one attached hydrogen (secondary N) is 1. The van der Waals surface area contributed by atoms with Crippen LogP contribution in [0.1, 0.15) is 29.1 Å². The summed E-state index contributed by atoms with van der Waals surface area (Å²) < 4.78 is 14.1. The van der Waals surface area contributed by atoms with Gasteiger partial charge in [-0.3, -0.25) is 0 Å². The first kappa shape index (κ1) is 14.5. The Morgan fingerprint density at radius 2 is 2.24 bits per heavy atom. The van der Waals surface area contributed by atoms with E-state index in [-0.39, 0.29) is 5.82 Å². The van der Waals surface area contributed by atoms with Crippen LogP contribution in [-0.2, 0) is 13.1 Å². The molecule has 0 unspecified atom stereocenters. The first-order chi connectivity index (χ1) is 10.1. The third-order valence-corrected chi connectivity index (χ3v) is 4.54. The first-order valence-corrected chi connectivity index (χ1v) is 8.14. The molecule has 1 N–H and O–H groups in total. The van der Waals surface area contributed by atoms with E-state index in [1.54, 1.807) is 17.4 Å². The molecular formula is C16H20FN3S. The molecule has 1 aliphatic rings. The van der Waals surface area contributed by atoms with Gasteiger partial charge in [0.1, 0.15) is 5.82 Å². The Morgan fingerprint density at radius 3 is 2.90 bits per heavy atom. The largest absolute Gasteiger partial charge is 0.368 e. The molecule has 1 fully saturated rings. The molecule has 1 aromatic heterocycles. The summed E-state index contributed by atoms with van der Waals surface area (Å²) in [4.78, 5) is 6.55. The van der Waals surface area contributed by atoms with Crippen LogP contribution in [0.25, 0.3) is 0 Å². The number of aromatic nitrogens is 1. The summed E-state index contributed by atoms with van der Waals surface area (Å²) in [5, 5.41) is 6.52. The third kappa shape index (κ3) is 3.60. The number of nitrogens with zero attached hydrogens (tertiary/aromatic N) is 2. The van der Waals surface area contributed by atoms with Crippen molar-refractivity contribution in [3.63, 3.8) is 0 Å². The minimum atomic E-state index is -0.137. The summed E-state index contributed by atoms with van der Waals surface area (Å²) in [6.07, 6.45) is 2.41. The third-order valence-electron chi connectivity index (χ3n) is 3.72. The van der Waals surface area contributed by atoms with Crippen LogP contribution in [0, 0.1) is 12.7 Å². The lowest BCUT2D eigenvalue weighted by Crippen LogP contribution is -2.22. The van der Waals surface area contributed by atoms with Crippen molar-refractivity contribution in [3.05, 3.63) is 45.7 Å². The van der Waals surface area contributed by atoms with E-state index >= 15 is 0 Å². The van der Waals surface area contributed by atoms with E-state index in [0.29, 0.717) is 19.1 Å². The molecule has 0 atom stereocenters. The highest BCUT2D eigenvalue weighted by Gasteiger charge is 2.22. The van der Waals surface area contributed by atoms with Gasteiger partial charge >= 0.3 is 0 Å². The normalized spacial score (nSPS) is 14.4. The van der Waals surface area contributed by atoms with E-state index in [1.165, 1.54) is 18.9 Å². The number of benzene rings is 1. The average Bonchev–Trinajstić information content (AvgIpc) is 3.19. The Hall–Kier alpha value is -1.46. The van der Waals surface area contributed by atoms with Gasteiger partial charge in [-0.25, -0.2) is 9.37 Å². The second-order valence-corrected chi connectivity index (χ2v) is 6.67. The van der Waals surface area contributed by atoms with E-state index in [4.69, 9.17) is 0 Å². The molecule has 1 aliphatic carbocycles. The van der Waals surface area contributed by atoms with Crippen molar-refractivity contribution in [2.45, 2.75) is 38.9 Å². The zero-order chi connectivity index (χ0) is 14.8. The molecule has 3 rings (SSSR count). The van der Waals surface area contributed by atoms with Gasteiger partial charge < -0.3 is 10.2 Å². The minimum absolute atomic E-state index is 0.137. The SMILES string of the molecule is Cc1nc(CN(C)c2cccc(F)c2CNC2CC2)cs1. The van der Waals surface area contributed by atoms with E-state index < -0.39 is 0 Å². The smallest absolute Gasteiger partial charge is 0.129 e. The summed E-state index contributed by atoms with van der Waals surface area (Å²) in [6, 6.07) is 5.86. The molecule has 112 valence electrons. The molecule has 1 heterocycles. The van der Waals surface area contributed by atoms with Gasteiger partial charge in [0.2, 0.25) is 0 Å². The van der Waals surface area contributed by atoms with Gasteiger partial charge in [-0.2, -0.15) is 0 Å². The zero-order valence-corrected chi connectivity index (χ0v) is 13.2. The fraction of sp³-hybridized carbons (Fsp3) is 0.438. The first-order valence-electron chi connectivity index (χ1n) is 7.26. The van der Waals surface area contributed by atoms with Crippen molar-refractivity contribution in [1.29, 1.82) is 0 Å². The van der Waals surface area contributed by atoms with Crippen LogP contribution in [0.3, 0.4) is 0 Å². The van der Waals surface area contributed by atoms with Gasteiger partial charge in [-0.15, -0.1) is 11.3 Å². The quantitative estimate of drug-likeness (QED) is 0.885. The number of hydrogen-bond acceptors (Lipinski definition) is 4. The number of thiazole rings is 1. The molecule has 0 bridgehead atoms. The molecule has 2 aromatic rings. The molecule has 0 radical (unpaired) electrons. The Morgan fingerprint density at radius 1 is 1.43 bits per heavy atom. The molecule has 3 nitrogen and oxygen atoms in total. The van der Waals surface area contributed by atoms with Gasteiger partial charge in [0.25, 0.3) is 0 Å². The highest BCUT2D eigenvalue weighted by molar-refractivity contribution is 7.09. The van der Waals surface area contributed by atoms with Crippen LogP contribution >= 0.6 is 11.3 Å². The van der Waals surface area contributed by atoms with Crippen molar-refractivity contribution in [2.24, 2.45) is 0 Å². The highest BCUT2D eigenvalue weighted by Crippen LogP contribution is 2.26. The Bertz CT molecular complexity index is 622. The Balaban J connectivity index is 1.77. The van der Waals surface area contributed by atoms with Crippen LogP contribution in [0.5, 0.6) is 0 Å². The highest BCUT2D eigenvalue weighted by atomic mass is 32.1. The Kier molecular flexibility index (Phi) is 4.22. The molecule has 1 saturated carbocycles. The van der Waals surface area contributed by atoms with Gasteiger partial charge in [0, 0.05) is 36.3 Å². The molecule has 0 aliphatic heterocycles. The topological polar surface area (TPSA) is 28.2 Å². The summed E-state index contributed by atoms with van der Waals surface area (Å²) in [5.41, 5.74) is 2.72. The van der Waals surface area contributed by atoms with Crippen LogP contribution in [0.15, 0.2) is 23.6 Å². The second-order valence-electron chi connectivity index (χ2n) is 5.61. The maximum atomic E-state index is 14.1. The van der Waals surface area contributed by atoms with Crippen LogP contribution in [0.2, 0.25) is 0 Å².